The van der Waals surface area contributed by atoms with Gasteiger partial charge in [-0.2, -0.15) is 13.2 Å². The number of thioether (sulfide) groups is 1. The number of benzene rings is 1. The van der Waals surface area contributed by atoms with Gasteiger partial charge in [-0.3, -0.25) is 0 Å². The third kappa shape index (κ3) is 2.06. The smallest absolute Gasteiger partial charge is 0.401 e. The molecule has 0 radical (unpaired) electrons. The van der Waals surface area contributed by atoms with E-state index in [9.17, 15) is 18.0 Å². The Morgan fingerprint density at radius 2 is 2.15 bits per heavy atom. The minimum Gasteiger partial charge on any atom is -0.497 e. The van der Waals surface area contributed by atoms with Crippen LogP contribution in [0.5, 0.6) is 5.75 Å². The van der Waals surface area contributed by atoms with E-state index in [4.69, 9.17) is 9.15 Å². The zero-order chi connectivity index (χ0) is 14.5. The van der Waals surface area contributed by atoms with E-state index in [1.165, 1.54) is 13.2 Å². The van der Waals surface area contributed by atoms with E-state index in [0.717, 1.165) is 0 Å². The molecule has 0 N–H and O–H groups in total. The second-order valence-electron chi connectivity index (χ2n) is 4.41. The highest BCUT2D eigenvalue weighted by Gasteiger charge is 2.45. The minimum absolute atomic E-state index is 0.0602. The summed E-state index contributed by atoms with van der Waals surface area (Å²) in [5, 5.41) is -1.06. The van der Waals surface area contributed by atoms with Crippen LogP contribution in [-0.4, -0.2) is 18.5 Å². The average molecular weight is 302 g/mol. The molecule has 0 saturated carbocycles. The Bertz CT molecular complexity index is 736. The Labute approximate surface area is 115 Å². The summed E-state index contributed by atoms with van der Waals surface area (Å²) in [4.78, 5) is 11.9. The summed E-state index contributed by atoms with van der Waals surface area (Å²) in [6.07, 6.45) is -4.55. The molecule has 0 bridgehead atoms. The lowest BCUT2D eigenvalue weighted by atomic mass is 10.1. The predicted molar refractivity (Wildman–Crippen MR) is 68.4 cm³/mol. The molecule has 20 heavy (non-hydrogen) atoms. The zero-order valence-electron chi connectivity index (χ0n) is 10.3. The molecule has 1 aromatic carbocycles. The van der Waals surface area contributed by atoms with E-state index in [2.05, 4.69) is 0 Å². The number of hydrogen-bond donors (Lipinski definition) is 0. The molecule has 2 aromatic rings. The monoisotopic (exact) mass is 302 g/mol. The van der Waals surface area contributed by atoms with Gasteiger partial charge >= 0.3 is 11.8 Å². The fourth-order valence-corrected chi connectivity index (χ4v) is 3.37. The third-order valence-corrected chi connectivity index (χ3v) is 4.56. The summed E-state index contributed by atoms with van der Waals surface area (Å²) in [6, 6.07) is 4.76. The van der Waals surface area contributed by atoms with E-state index in [-0.39, 0.29) is 16.9 Å². The van der Waals surface area contributed by atoms with Gasteiger partial charge in [-0.05, 0) is 24.1 Å². The van der Waals surface area contributed by atoms with Crippen LogP contribution >= 0.6 is 11.8 Å². The number of hydrogen-bond acceptors (Lipinski definition) is 4. The van der Waals surface area contributed by atoms with Crippen molar-refractivity contribution < 1.29 is 22.3 Å². The molecule has 0 aliphatic carbocycles. The first kappa shape index (κ1) is 13.4. The van der Waals surface area contributed by atoms with Crippen LogP contribution < -0.4 is 10.4 Å². The fourth-order valence-electron chi connectivity index (χ4n) is 2.23. The minimum atomic E-state index is -4.34. The van der Waals surface area contributed by atoms with Gasteiger partial charge in [0.1, 0.15) is 16.6 Å². The molecular formula is C13H9F3O3S. The van der Waals surface area contributed by atoms with Crippen molar-refractivity contribution >= 4 is 22.7 Å². The van der Waals surface area contributed by atoms with E-state index in [1.54, 1.807) is 12.1 Å². The molecule has 0 amide bonds. The molecule has 0 spiro atoms. The lowest BCUT2D eigenvalue weighted by Crippen LogP contribution is -2.24. The van der Waals surface area contributed by atoms with Crippen LogP contribution in [-0.2, 0) is 6.42 Å². The van der Waals surface area contributed by atoms with Gasteiger partial charge in [0, 0.05) is 11.5 Å². The molecule has 3 nitrogen and oxygen atoms in total. The Balaban J connectivity index is 2.18. The highest BCUT2D eigenvalue weighted by atomic mass is 32.2. The van der Waals surface area contributed by atoms with Crippen molar-refractivity contribution in [1.29, 1.82) is 0 Å². The maximum atomic E-state index is 12.8. The van der Waals surface area contributed by atoms with Crippen LogP contribution in [0.3, 0.4) is 0 Å². The normalized spacial score (nSPS) is 18.3. The van der Waals surface area contributed by atoms with Crippen molar-refractivity contribution in [3.05, 3.63) is 34.2 Å². The van der Waals surface area contributed by atoms with Crippen molar-refractivity contribution in [2.24, 2.45) is 0 Å². The second kappa shape index (κ2) is 4.44. The van der Waals surface area contributed by atoms with E-state index in [0.29, 0.717) is 28.5 Å². The number of fused-ring (bicyclic) bond motifs is 3. The summed E-state index contributed by atoms with van der Waals surface area (Å²) < 4.78 is 48.5. The molecule has 1 atom stereocenters. The van der Waals surface area contributed by atoms with Gasteiger partial charge in [0.25, 0.3) is 0 Å². The Morgan fingerprint density at radius 3 is 2.80 bits per heavy atom. The highest BCUT2D eigenvalue weighted by molar-refractivity contribution is 8.00. The molecule has 1 aliphatic rings. The first-order chi connectivity index (χ1) is 9.40. The Morgan fingerprint density at radius 1 is 1.40 bits per heavy atom. The first-order valence-electron chi connectivity index (χ1n) is 5.77. The summed E-state index contributed by atoms with van der Waals surface area (Å²) in [5.74, 6) is 0.485. The van der Waals surface area contributed by atoms with E-state index >= 15 is 0 Å². The predicted octanol–water partition coefficient (Wildman–Crippen LogP) is 3.38. The first-order valence-corrected chi connectivity index (χ1v) is 6.65. The van der Waals surface area contributed by atoms with Gasteiger partial charge in [0.15, 0.2) is 0 Å². The Hall–Kier alpha value is -1.63. The molecule has 1 aromatic heterocycles. The van der Waals surface area contributed by atoms with Crippen LogP contribution in [0.4, 0.5) is 13.2 Å². The number of alkyl halides is 3. The molecule has 7 heteroatoms. The van der Waals surface area contributed by atoms with Crippen LogP contribution in [0.15, 0.2) is 32.3 Å². The van der Waals surface area contributed by atoms with Crippen LogP contribution in [0, 0.1) is 0 Å². The summed E-state index contributed by atoms with van der Waals surface area (Å²) >= 11 is 0.532. The van der Waals surface area contributed by atoms with Gasteiger partial charge in [-0.25, -0.2) is 4.79 Å². The molecule has 0 saturated heterocycles. The number of halogens is 3. The van der Waals surface area contributed by atoms with Crippen molar-refractivity contribution in [2.75, 3.05) is 7.11 Å². The van der Waals surface area contributed by atoms with E-state index < -0.39 is 17.1 Å². The highest BCUT2D eigenvalue weighted by Crippen LogP contribution is 2.45. The largest absolute Gasteiger partial charge is 0.497 e. The third-order valence-electron chi connectivity index (χ3n) is 3.19. The molecule has 2 heterocycles. The quantitative estimate of drug-likeness (QED) is 0.757. The zero-order valence-corrected chi connectivity index (χ0v) is 11.1. The molecule has 1 aliphatic heterocycles. The van der Waals surface area contributed by atoms with Gasteiger partial charge in [0.05, 0.1) is 12.0 Å². The molecule has 106 valence electrons. The molecule has 3 rings (SSSR count). The second-order valence-corrected chi connectivity index (χ2v) is 5.62. The van der Waals surface area contributed by atoms with Crippen molar-refractivity contribution in [3.63, 3.8) is 0 Å². The fraction of sp³-hybridized carbons (Fsp3) is 0.308. The van der Waals surface area contributed by atoms with Crippen LogP contribution in [0.1, 0.15) is 5.56 Å². The van der Waals surface area contributed by atoms with Gasteiger partial charge < -0.3 is 9.15 Å². The maximum absolute atomic E-state index is 12.8. The van der Waals surface area contributed by atoms with Gasteiger partial charge in [0.2, 0.25) is 0 Å². The van der Waals surface area contributed by atoms with Crippen molar-refractivity contribution in [3.8, 4) is 5.75 Å². The Kier molecular flexibility index (Phi) is 2.97. The van der Waals surface area contributed by atoms with Gasteiger partial charge in [-0.15, -0.1) is 11.8 Å². The summed E-state index contributed by atoms with van der Waals surface area (Å²) in [7, 11) is 1.46. The number of methoxy groups -OCH3 is 1. The molecular weight excluding hydrogens is 293 g/mol. The van der Waals surface area contributed by atoms with E-state index in [1.807, 2.05) is 0 Å². The van der Waals surface area contributed by atoms with Crippen LogP contribution in [0.25, 0.3) is 11.0 Å². The molecule has 0 fully saturated rings. The van der Waals surface area contributed by atoms with Crippen molar-refractivity contribution in [1.82, 2.24) is 0 Å². The number of ether oxygens (including phenoxy) is 1. The van der Waals surface area contributed by atoms with Crippen molar-refractivity contribution in [2.45, 2.75) is 22.7 Å². The summed E-state index contributed by atoms with van der Waals surface area (Å²) in [6.45, 7) is 0. The summed E-state index contributed by atoms with van der Waals surface area (Å²) in [5.41, 5.74) is -0.0692. The molecule has 0 unspecified atom stereocenters. The standard InChI is InChI=1S/C13H9F3O3S/c1-18-6-2-3-7-8-5-10(13(14,15)16)20-11(8)12(17)19-9(7)4-6/h2-4,10H,5H2,1H3/t10-/m1/s1. The number of rotatable bonds is 1. The van der Waals surface area contributed by atoms with Crippen LogP contribution in [0.2, 0.25) is 0 Å². The average Bonchev–Trinajstić information content (AvgIpc) is 2.84. The van der Waals surface area contributed by atoms with Gasteiger partial charge in [-0.1, -0.05) is 0 Å². The maximum Gasteiger partial charge on any atom is 0.401 e. The topological polar surface area (TPSA) is 39.4 Å². The SMILES string of the molecule is COc1ccc2c3c(c(=O)oc2c1)S[C@@H](C(F)(F)F)C3. The lowest BCUT2D eigenvalue weighted by Gasteiger charge is -2.11. The lowest BCUT2D eigenvalue weighted by molar-refractivity contribution is -0.127.